The number of thiocarbonyl (C=S) groups is 1. The Morgan fingerprint density at radius 1 is 1.00 bits per heavy atom. The lowest BCUT2D eigenvalue weighted by molar-refractivity contribution is 0.477. The summed E-state index contributed by atoms with van der Waals surface area (Å²) in [5.41, 5.74) is 2.29. The fraction of sp³-hybridized carbons (Fsp3) is 0.0556. The van der Waals surface area contributed by atoms with Crippen molar-refractivity contribution in [2.45, 2.75) is 6.92 Å². The Hall–Kier alpha value is -2.79. The van der Waals surface area contributed by atoms with Gasteiger partial charge in [0.25, 0.3) is 0 Å². The van der Waals surface area contributed by atoms with E-state index in [0.717, 1.165) is 22.0 Å². The standard InChI is InChI=1S/C18H15N3OS/c1-12-11-16(14-9-5-6-10-15(14)17(12)22)20-21-18(23)19-13-7-3-2-4-8-13/h2-11,22H,1H3,(H,19,23). The smallest absolute Gasteiger partial charge is 0.218 e. The van der Waals surface area contributed by atoms with Crippen LogP contribution in [-0.4, -0.2) is 10.2 Å². The molecule has 0 amide bonds. The van der Waals surface area contributed by atoms with E-state index < -0.39 is 0 Å². The second-order valence-electron chi connectivity index (χ2n) is 5.10. The third-order valence-electron chi connectivity index (χ3n) is 3.46. The van der Waals surface area contributed by atoms with Crippen LogP contribution in [0.1, 0.15) is 5.56 Å². The number of azo groups is 1. The van der Waals surface area contributed by atoms with Crippen molar-refractivity contribution < 1.29 is 5.11 Å². The molecule has 0 saturated heterocycles. The molecule has 3 aromatic rings. The van der Waals surface area contributed by atoms with Crippen LogP contribution in [0.2, 0.25) is 0 Å². The molecule has 3 aromatic carbocycles. The Bertz CT molecular complexity index is 891. The maximum absolute atomic E-state index is 10.1. The first-order valence-electron chi connectivity index (χ1n) is 7.14. The zero-order valence-electron chi connectivity index (χ0n) is 12.5. The molecule has 0 aliphatic carbocycles. The fourth-order valence-electron chi connectivity index (χ4n) is 2.33. The van der Waals surface area contributed by atoms with Crippen LogP contribution >= 0.6 is 12.2 Å². The Morgan fingerprint density at radius 2 is 1.65 bits per heavy atom. The Balaban J connectivity index is 1.89. The molecule has 5 heteroatoms. The largest absolute Gasteiger partial charge is 0.507 e. The molecule has 2 N–H and O–H groups in total. The molecule has 0 atom stereocenters. The van der Waals surface area contributed by atoms with Gasteiger partial charge in [0.15, 0.2) is 0 Å². The van der Waals surface area contributed by atoms with Crippen LogP contribution in [0.25, 0.3) is 10.8 Å². The number of fused-ring (bicyclic) bond motifs is 1. The van der Waals surface area contributed by atoms with E-state index in [2.05, 4.69) is 15.5 Å². The van der Waals surface area contributed by atoms with E-state index in [0.29, 0.717) is 5.69 Å². The summed E-state index contributed by atoms with van der Waals surface area (Å²) in [7, 11) is 0. The highest BCUT2D eigenvalue weighted by atomic mass is 32.1. The SMILES string of the molecule is Cc1cc(N=NC(=S)Nc2ccccc2)c2ccccc2c1O. The minimum atomic E-state index is 0.268. The predicted octanol–water partition coefficient (Wildman–Crippen LogP) is 5.33. The van der Waals surface area contributed by atoms with E-state index in [9.17, 15) is 5.11 Å². The third kappa shape index (κ3) is 3.35. The molecule has 0 aliphatic rings. The summed E-state index contributed by atoms with van der Waals surface area (Å²) in [4.78, 5) is 0. The molecule has 0 saturated carbocycles. The second-order valence-corrected chi connectivity index (χ2v) is 5.49. The molecule has 23 heavy (non-hydrogen) atoms. The van der Waals surface area contributed by atoms with Crippen LogP contribution in [0, 0.1) is 6.92 Å². The quantitative estimate of drug-likeness (QED) is 0.495. The van der Waals surface area contributed by atoms with Gasteiger partial charge >= 0.3 is 0 Å². The summed E-state index contributed by atoms with van der Waals surface area (Å²) in [6, 6.07) is 18.9. The van der Waals surface area contributed by atoms with E-state index in [4.69, 9.17) is 12.2 Å². The van der Waals surface area contributed by atoms with E-state index >= 15 is 0 Å². The second kappa shape index (κ2) is 6.54. The van der Waals surface area contributed by atoms with Gasteiger partial charge in [-0.1, -0.05) is 42.5 Å². The van der Waals surface area contributed by atoms with Crippen molar-refractivity contribution >= 4 is 39.5 Å². The van der Waals surface area contributed by atoms with E-state index in [1.807, 2.05) is 61.5 Å². The average molecular weight is 321 g/mol. The van der Waals surface area contributed by atoms with Crippen LogP contribution in [-0.2, 0) is 0 Å². The van der Waals surface area contributed by atoms with Gasteiger partial charge in [-0.25, -0.2) is 0 Å². The van der Waals surface area contributed by atoms with E-state index in [1.54, 1.807) is 6.07 Å². The zero-order chi connectivity index (χ0) is 16.2. The molecule has 0 fully saturated rings. The van der Waals surface area contributed by atoms with Gasteiger partial charge in [0.05, 0.1) is 5.69 Å². The number of nitrogens with one attached hydrogen (secondary N) is 1. The number of para-hydroxylation sites is 1. The normalized spacial score (nSPS) is 11.0. The highest BCUT2D eigenvalue weighted by Crippen LogP contribution is 2.35. The van der Waals surface area contributed by atoms with Gasteiger partial charge in [0, 0.05) is 16.5 Å². The van der Waals surface area contributed by atoms with Gasteiger partial charge in [0.1, 0.15) is 5.75 Å². The van der Waals surface area contributed by atoms with Gasteiger partial charge < -0.3 is 10.4 Å². The Morgan fingerprint density at radius 3 is 2.39 bits per heavy atom. The topological polar surface area (TPSA) is 57.0 Å². The van der Waals surface area contributed by atoms with Crippen molar-refractivity contribution in [1.82, 2.24) is 0 Å². The van der Waals surface area contributed by atoms with Crippen molar-refractivity contribution in [3.8, 4) is 5.75 Å². The number of nitrogens with zero attached hydrogens (tertiary/aromatic N) is 2. The lowest BCUT2D eigenvalue weighted by Gasteiger charge is -2.07. The Labute approximate surface area is 139 Å². The minimum absolute atomic E-state index is 0.268. The van der Waals surface area contributed by atoms with E-state index in [-0.39, 0.29) is 10.9 Å². The van der Waals surface area contributed by atoms with Crippen LogP contribution in [0.15, 0.2) is 70.9 Å². The maximum atomic E-state index is 10.1. The summed E-state index contributed by atoms with van der Waals surface area (Å²) >= 11 is 5.20. The number of phenolic OH excluding ortho intramolecular Hbond substituents is 1. The van der Waals surface area contributed by atoms with Gasteiger partial charge in [-0.15, -0.1) is 10.2 Å². The summed E-state index contributed by atoms with van der Waals surface area (Å²) in [6.45, 7) is 1.83. The molecular formula is C18H15N3OS. The van der Waals surface area contributed by atoms with Crippen LogP contribution in [0.4, 0.5) is 11.4 Å². The predicted molar refractivity (Wildman–Crippen MR) is 97.5 cm³/mol. The Kier molecular flexibility index (Phi) is 4.30. The molecule has 0 bridgehead atoms. The number of phenols is 1. The lowest BCUT2D eigenvalue weighted by Crippen LogP contribution is -2.04. The maximum Gasteiger partial charge on any atom is 0.218 e. The molecule has 0 unspecified atom stereocenters. The highest BCUT2D eigenvalue weighted by Gasteiger charge is 2.08. The summed E-state index contributed by atoms with van der Waals surface area (Å²) in [5, 5.41) is 23.3. The number of aryl methyl sites for hydroxylation is 1. The molecule has 0 heterocycles. The van der Waals surface area contributed by atoms with Crippen LogP contribution in [0.5, 0.6) is 5.75 Å². The number of anilines is 1. The fourth-order valence-corrected chi connectivity index (χ4v) is 2.49. The van der Waals surface area contributed by atoms with Crippen molar-refractivity contribution in [1.29, 1.82) is 0 Å². The molecule has 114 valence electrons. The number of rotatable bonds is 2. The third-order valence-corrected chi connectivity index (χ3v) is 3.64. The molecular weight excluding hydrogens is 306 g/mol. The van der Waals surface area contributed by atoms with Gasteiger partial charge in [0.2, 0.25) is 5.11 Å². The van der Waals surface area contributed by atoms with Crippen molar-refractivity contribution in [2.24, 2.45) is 10.2 Å². The highest BCUT2D eigenvalue weighted by molar-refractivity contribution is 7.80. The molecule has 0 aromatic heterocycles. The van der Waals surface area contributed by atoms with Gasteiger partial charge in [-0.2, -0.15) is 0 Å². The molecule has 3 rings (SSSR count). The zero-order valence-corrected chi connectivity index (χ0v) is 13.3. The van der Waals surface area contributed by atoms with Gasteiger partial charge in [-0.05, 0) is 42.9 Å². The summed E-state index contributed by atoms with van der Waals surface area (Å²) in [5.74, 6) is 0.268. The first kappa shape index (κ1) is 15.1. The number of hydrogen-bond acceptors (Lipinski definition) is 3. The first-order valence-corrected chi connectivity index (χ1v) is 7.55. The molecule has 0 aliphatic heterocycles. The first-order chi connectivity index (χ1) is 11.1. The lowest BCUT2D eigenvalue weighted by atomic mass is 10.0. The van der Waals surface area contributed by atoms with Crippen LogP contribution in [0.3, 0.4) is 0 Å². The monoisotopic (exact) mass is 321 g/mol. The van der Waals surface area contributed by atoms with Crippen molar-refractivity contribution in [3.63, 3.8) is 0 Å². The average Bonchev–Trinajstić information content (AvgIpc) is 2.58. The molecule has 4 nitrogen and oxygen atoms in total. The van der Waals surface area contributed by atoms with Crippen molar-refractivity contribution in [2.75, 3.05) is 5.32 Å². The van der Waals surface area contributed by atoms with Gasteiger partial charge in [-0.3, -0.25) is 0 Å². The van der Waals surface area contributed by atoms with Crippen molar-refractivity contribution in [3.05, 3.63) is 66.2 Å². The molecule has 0 spiro atoms. The van der Waals surface area contributed by atoms with E-state index in [1.165, 1.54) is 0 Å². The van der Waals surface area contributed by atoms with Crippen LogP contribution < -0.4 is 5.32 Å². The summed E-state index contributed by atoms with van der Waals surface area (Å²) < 4.78 is 0. The number of hydrogen-bond donors (Lipinski definition) is 2. The minimum Gasteiger partial charge on any atom is -0.507 e. The summed E-state index contributed by atoms with van der Waals surface area (Å²) in [6.07, 6.45) is 0. The number of benzene rings is 3. The number of aromatic hydroxyl groups is 1. The molecule has 0 radical (unpaired) electrons.